The minimum Gasteiger partial charge on any atom is -0.493 e. The predicted molar refractivity (Wildman–Crippen MR) is 65.2 cm³/mol. The van der Waals surface area contributed by atoms with E-state index in [0.717, 1.165) is 0 Å². The molecule has 1 aromatic rings. The first kappa shape index (κ1) is 13.3. The molecule has 92 valence electrons. The fraction of sp³-hybridized carbons (Fsp3) is 0.273. The Morgan fingerprint density at radius 1 is 1.41 bits per heavy atom. The summed E-state index contributed by atoms with van der Waals surface area (Å²) in [5.41, 5.74) is 0.512. The van der Waals surface area contributed by atoms with Crippen LogP contribution in [0.15, 0.2) is 17.8 Å². The molecule has 0 N–H and O–H groups in total. The van der Waals surface area contributed by atoms with Gasteiger partial charge in [-0.2, -0.15) is 0 Å². The van der Waals surface area contributed by atoms with Gasteiger partial charge in [-0.1, -0.05) is 11.6 Å². The summed E-state index contributed by atoms with van der Waals surface area (Å²) >= 11 is 6.07. The van der Waals surface area contributed by atoms with Crippen LogP contribution >= 0.6 is 11.6 Å². The van der Waals surface area contributed by atoms with Crippen molar-refractivity contribution in [3.63, 3.8) is 0 Å². The lowest BCUT2D eigenvalue weighted by atomic mass is 10.1. The molecule has 0 fully saturated rings. The number of hydrogen-bond acceptors (Lipinski definition) is 4. The molecule has 1 aromatic carbocycles. The Labute approximate surface area is 104 Å². The largest absolute Gasteiger partial charge is 0.493 e. The van der Waals surface area contributed by atoms with Gasteiger partial charge in [-0.25, -0.2) is 0 Å². The second kappa shape index (κ2) is 5.54. The van der Waals surface area contributed by atoms with Crippen LogP contribution in [-0.2, 0) is 0 Å². The third kappa shape index (κ3) is 2.88. The molecule has 0 bridgehead atoms. The van der Waals surface area contributed by atoms with E-state index in [1.165, 1.54) is 27.2 Å². The SMILES string of the molecule is COc1ccc(/C=C(\C)[N+](=O)[O-])c(Cl)c1OC. The zero-order chi connectivity index (χ0) is 13.0. The predicted octanol–water partition coefficient (Wildman–Crippen LogP) is 2.99. The Hall–Kier alpha value is -1.75. The van der Waals surface area contributed by atoms with E-state index >= 15 is 0 Å². The zero-order valence-corrected chi connectivity index (χ0v) is 10.4. The maximum absolute atomic E-state index is 10.5. The van der Waals surface area contributed by atoms with Crippen molar-refractivity contribution in [3.8, 4) is 11.5 Å². The van der Waals surface area contributed by atoms with Gasteiger partial charge >= 0.3 is 0 Å². The van der Waals surface area contributed by atoms with Crippen molar-refractivity contribution >= 4 is 17.7 Å². The molecule has 17 heavy (non-hydrogen) atoms. The first-order valence-corrected chi connectivity index (χ1v) is 5.12. The van der Waals surface area contributed by atoms with Crippen molar-refractivity contribution in [1.82, 2.24) is 0 Å². The molecule has 0 aliphatic rings. The second-order valence-corrected chi connectivity index (χ2v) is 3.63. The fourth-order valence-electron chi connectivity index (χ4n) is 1.29. The summed E-state index contributed by atoms with van der Waals surface area (Å²) in [7, 11) is 2.95. The molecule has 0 unspecified atom stereocenters. The number of ether oxygens (including phenoxy) is 2. The Kier molecular flexibility index (Phi) is 4.34. The van der Waals surface area contributed by atoms with Crippen molar-refractivity contribution in [2.45, 2.75) is 6.92 Å². The molecule has 0 atom stereocenters. The summed E-state index contributed by atoms with van der Waals surface area (Å²) in [6.07, 6.45) is 1.38. The number of methoxy groups -OCH3 is 2. The van der Waals surface area contributed by atoms with Gasteiger partial charge < -0.3 is 9.47 Å². The first-order chi connectivity index (χ1) is 8.01. The van der Waals surface area contributed by atoms with Gasteiger partial charge in [0.25, 0.3) is 0 Å². The highest BCUT2D eigenvalue weighted by molar-refractivity contribution is 6.33. The Balaban J connectivity index is 3.29. The standard InChI is InChI=1S/C11H12ClNO4/c1-7(13(14)15)6-8-4-5-9(16-2)11(17-3)10(8)12/h4-6H,1-3H3/b7-6+. The van der Waals surface area contributed by atoms with E-state index in [1.807, 2.05) is 0 Å². The fourth-order valence-corrected chi connectivity index (χ4v) is 1.58. The molecule has 0 amide bonds. The molecule has 0 heterocycles. The van der Waals surface area contributed by atoms with Crippen LogP contribution in [0, 0.1) is 10.1 Å². The van der Waals surface area contributed by atoms with Crippen LogP contribution in [0.3, 0.4) is 0 Å². The van der Waals surface area contributed by atoms with Gasteiger partial charge in [-0.3, -0.25) is 10.1 Å². The number of rotatable bonds is 4. The zero-order valence-electron chi connectivity index (χ0n) is 9.69. The van der Waals surface area contributed by atoms with Crippen LogP contribution in [0.5, 0.6) is 11.5 Å². The third-order valence-corrected chi connectivity index (χ3v) is 2.56. The lowest BCUT2D eigenvalue weighted by Crippen LogP contribution is -1.95. The quantitative estimate of drug-likeness (QED) is 0.614. The maximum Gasteiger partial charge on any atom is 0.243 e. The number of nitrogens with zero attached hydrogens (tertiary/aromatic N) is 1. The molecular formula is C11H12ClNO4. The molecule has 0 radical (unpaired) electrons. The molecule has 6 heteroatoms. The van der Waals surface area contributed by atoms with E-state index in [1.54, 1.807) is 12.1 Å². The van der Waals surface area contributed by atoms with Gasteiger partial charge in [-0.15, -0.1) is 0 Å². The summed E-state index contributed by atoms with van der Waals surface area (Å²) < 4.78 is 10.2. The van der Waals surface area contributed by atoms with Gasteiger partial charge in [0.05, 0.1) is 24.2 Å². The Morgan fingerprint density at radius 3 is 2.53 bits per heavy atom. The van der Waals surface area contributed by atoms with E-state index < -0.39 is 4.92 Å². The Morgan fingerprint density at radius 2 is 2.06 bits per heavy atom. The molecule has 1 rings (SSSR count). The Bertz CT molecular complexity index is 471. The first-order valence-electron chi connectivity index (χ1n) is 4.74. The molecule has 0 aromatic heterocycles. The summed E-state index contributed by atoms with van der Waals surface area (Å²) in [6, 6.07) is 3.28. The minimum absolute atomic E-state index is 0.000815. The lowest BCUT2D eigenvalue weighted by Gasteiger charge is -2.10. The van der Waals surface area contributed by atoms with Gasteiger partial charge in [0.2, 0.25) is 5.70 Å². The van der Waals surface area contributed by atoms with Crippen molar-refractivity contribution in [2.24, 2.45) is 0 Å². The van der Waals surface area contributed by atoms with E-state index in [9.17, 15) is 10.1 Å². The number of halogens is 1. The molecule has 0 saturated carbocycles. The monoisotopic (exact) mass is 257 g/mol. The number of benzene rings is 1. The van der Waals surface area contributed by atoms with Gasteiger partial charge in [0, 0.05) is 18.6 Å². The second-order valence-electron chi connectivity index (χ2n) is 3.25. The van der Waals surface area contributed by atoms with Crippen LogP contribution < -0.4 is 9.47 Å². The number of hydrogen-bond donors (Lipinski definition) is 0. The highest BCUT2D eigenvalue weighted by Gasteiger charge is 2.13. The normalized spacial score (nSPS) is 11.2. The minimum atomic E-state index is -0.479. The smallest absolute Gasteiger partial charge is 0.243 e. The molecular weight excluding hydrogens is 246 g/mol. The average Bonchev–Trinajstić information content (AvgIpc) is 2.31. The summed E-state index contributed by atoms with van der Waals surface area (Å²) in [4.78, 5) is 10.1. The lowest BCUT2D eigenvalue weighted by molar-refractivity contribution is -0.422. The number of allylic oxidation sites excluding steroid dienone is 1. The summed E-state index contributed by atoms with van der Waals surface area (Å²) in [5.74, 6) is 0.840. The van der Waals surface area contributed by atoms with Gasteiger partial charge in [0.15, 0.2) is 11.5 Å². The van der Waals surface area contributed by atoms with Crippen molar-refractivity contribution in [3.05, 3.63) is 38.5 Å². The maximum atomic E-state index is 10.5. The molecule has 0 saturated heterocycles. The van der Waals surface area contributed by atoms with Crippen LogP contribution in [0.25, 0.3) is 6.08 Å². The van der Waals surface area contributed by atoms with Crippen molar-refractivity contribution in [1.29, 1.82) is 0 Å². The molecule has 5 nitrogen and oxygen atoms in total. The third-order valence-electron chi connectivity index (χ3n) is 2.17. The van der Waals surface area contributed by atoms with E-state index in [0.29, 0.717) is 17.1 Å². The van der Waals surface area contributed by atoms with Gasteiger partial charge in [-0.05, 0) is 12.1 Å². The topological polar surface area (TPSA) is 61.6 Å². The highest BCUT2D eigenvalue weighted by atomic mass is 35.5. The number of nitro groups is 1. The van der Waals surface area contributed by atoms with E-state index in [2.05, 4.69) is 0 Å². The van der Waals surface area contributed by atoms with E-state index in [4.69, 9.17) is 21.1 Å². The molecule has 0 aliphatic heterocycles. The van der Waals surface area contributed by atoms with Crippen LogP contribution in [-0.4, -0.2) is 19.1 Å². The van der Waals surface area contributed by atoms with Crippen molar-refractivity contribution in [2.75, 3.05) is 14.2 Å². The molecule has 0 aliphatic carbocycles. The summed E-state index contributed by atoms with van der Waals surface area (Å²) in [6.45, 7) is 1.40. The van der Waals surface area contributed by atoms with Crippen molar-refractivity contribution < 1.29 is 14.4 Å². The molecule has 0 spiro atoms. The van der Waals surface area contributed by atoms with Gasteiger partial charge in [0.1, 0.15) is 0 Å². The average molecular weight is 258 g/mol. The van der Waals surface area contributed by atoms with Crippen LogP contribution in [0.2, 0.25) is 5.02 Å². The van der Waals surface area contributed by atoms with Crippen LogP contribution in [0.4, 0.5) is 0 Å². The van der Waals surface area contributed by atoms with E-state index in [-0.39, 0.29) is 10.7 Å². The summed E-state index contributed by atoms with van der Waals surface area (Å²) in [5, 5.41) is 10.8. The van der Waals surface area contributed by atoms with Crippen LogP contribution in [0.1, 0.15) is 12.5 Å². The highest BCUT2D eigenvalue weighted by Crippen LogP contribution is 2.38.